The van der Waals surface area contributed by atoms with Crippen LogP contribution in [0.2, 0.25) is 0 Å². The Morgan fingerprint density at radius 2 is 2.00 bits per heavy atom. The van der Waals surface area contributed by atoms with Gasteiger partial charge in [-0.25, -0.2) is 4.98 Å². The standard InChI is InChI=1S/C23H15BrN2O4S/c1-29-16-5-2-13(3-6-16)17-11-31-22-21(17)23(28)26(12-25-22)10-18(27)20-9-14-8-15(24)4-7-19(14)30-20/h2-9,11-12H,10H2,1H3. The third kappa shape index (κ3) is 3.58. The van der Waals surface area contributed by atoms with E-state index in [0.717, 1.165) is 26.7 Å². The number of benzene rings is 2. The Hall–Kier alpha value is -3.23. The molecule has 0 bridgehead atoms. The second-order valence-corrected chi connectivity index (χ2v) is 8.73. The van der Waals surface area contributed by atoms with E-state index in [0.29, 0.717) is 15.8 Å². The van der Waals surface area contributed by atoms with Crippen molar-refractivity contribution >= 4 is 54.2 Å². The molecule has 31 heavy (non-hydrogen) atoms. The fourth-order valence-electron chi connectivity index (χ4n) is 3.45. The van der Waals surface area contributed by atoms with Crippen molar-refractivity contribution in [2.24, 2.45) is 0 Å². The molecule has 3 heterocycles. The summed E-state index contributed by atoms with van der Waals surface area (Å²) < 4.78 is 13.1. The van der Waals surface area contributed by atoms with Crippen molar-refractivity contribution in [3.63, 3.8) is 0 Å². The van der Waals surface area contributed by atoms with E-state index in [-0.39, 0.29) is 23.6 Å². The van der Waals surface area contributed by atoms with Crippen molar-refractivity contribution < 1.29 is 13.9 Å². The van der Waals surface area contributed by atoms with Crippen molar-refractivity contribution in [3.8, 4) is 16.9 Å². The zero-order valence-corrected chi connectivity index (χ0v) is 18.7. The maximum absolute atomic E-state index is 13.2. The summed E-state index contributed by atoms with van der Waals surface area (Å²) in [7, 11) is 1.61. The van der Waals surface area contributed by atoms with Gasteiger partial charge in [0.2, 0.25) is 5.78 Å². The lowest BCUT2D eigenvalue weighted by Gasteiger charge is -2.05. The fourth-order valence-corrected chi connectivity index (χ4v) is 4.73. The van der Waals surface area contributed by atoms with E-state index in [1.165, 1.54) is 22.2 Å². The first kappa shape index (κ1) is 19.7. The maximum Gasteiger partial charge on any atom is 0.263 e. The third-order valence-corrected chi connectivity index (χ3v) is 6.41. The predicted molar refractivity (Wildman–Crippen MR) is 124 cm³/mol. The van der Waals surface area contributed by atoms with Crippen LogP contribution in [-0.2, 0) is 6.54 Å². The van der Waals surface area contributed by atoms with E-state index in [9.17, 15) is 9.59 Å². The van der Waals surface area contributed by atoms with Gasteiger partial charge in [0.15, 0.2) is 5.76 Å². The highest BCUT2D eigenvalue weighted by molar-refractivity contribution is 9.10. The Labute approximate surface area is 188 Å². The van der Waals surface area contributed by atoms with Crippen LogP contribution in [0.25, 0.3) is 32.3 Å². The number of Topliss-reactive ketones (excluding diaryl/α,β-unsaturated/α-hetero) is 1. The fraction of sp³-hybridized carbons (Fsp3) is 0.0870. The molecule has 0 aliphatic carbocycles. The minimum absolute atomic E-state index is 0.152. The van der Waals surface area contributed by atoms with Crippen LogP contribution in [0, 0.1) is 0 Å². The van der Waals surface area contributed by atoms with Crippen molar-refractivity contribution in [1.29, 1.82) is 0 Å². The van der Waals surface area contributed by atoms with E-state index in [4.69, 9.17) is 9.15 Å². The molecule has 0 saturated heterocycles. The number of carbonyl (C=O) groups is 1. The molecule has 0 amide bonds. The molecule has 0 spiro atoms. The second kappa shape index (κ2) is 7.79. The molecule has 0 aliphatic rings. The Morgan fingerprint density at radius 3 is 2.77 bits per heavy atom. The third-order valence-electron chi connectivity index (χ3n) is 5.03. The Balaban J connectivity index is 1.51. The molecular formula is C23H15BrN2O4S. The number of hydrogen-bond donors (Lipinski definition) is 0. The number of fused-ring (bicyclic) bond motifs is 2. The van der Waals surface area contributed by atoms with Gasteiger partial charge in [0.1, 0.15) is 16.2 Å². The summed E-state index contributed by atoms with van der Waals surface area (Å²) in [6.07, 6.45) is 1.41. The minimum atomic E-state index is -0.295. The quantitative estimate of drug-likeness (QED) is 0.300. The number of ketones is 1. The molecule has 0 radical (unpaired) electrons. The smallest absolute Gasteiger partial charge is 0.263 e. The topological polar surface area (TPSA) is 74.3 Å². The molecule has 154 valence electrons. The number of aromatic nitrogens is 2. The van der Waals surface area contributed by atoms with E-state index in [1.54, 1.807) is 19.2 Å². The predicted octanol–water partition coefficient (Wildman–Crippen LogP) is 5.53. The molecule has 0 unspecified atom stereocenters. The molecule has 0 aliphatic heterocycles. The zero-order chi connectivity index (χ0) is 21.5. The first-order chi connectivity index (χ1) is 15.0. The number of carbonyl (C=O) groups excluding carboxylic acids is 1. The van der Waals surface area contributed by atoms with Crippen molar-refractivity contribution in [2.45, 2.75) is 6.54 Å². The van der Waals surface area contributed by atoms with Gasteiger partial charge in [-0.3, -0.25) is 14.2 Å². The van der Waals surface area contributed by atoms with E-state index in [2.05, 4.69) is 20.9 Å². The average molecular weight is 495 g/mol. The highest BCUT2D eigenvalue weighted by atomic mass is 79.9. The molecule has 6 nitrogen and oxygen atoms in total. The van der Waals surface area contributed by atoms with E-state index in [1.807, 2.05) is 41.8 Å². The number of furan rings is 1. The van der Waals surface area contributed by atoms with Gasteiger partial charge in [-0.2, -0.15) is 0 Å². The van der Waals surface area contributed by atoms with Crippen LogP contribution in [0.3, 0.4) is 0 Å². The number of rotatable bonds is 5. The lowest BCUT2D eigenvalue weighted by atomic mass is 10.1. The number of hydrogen-bond acceptors (Lipinski definition) is 6. The van der Waals surface area contributed by atoms with Gasteiger partial charge in [0, 0.05) is 20.8 Å². The number of nitrogens with zero attached hydrogens (tertiary/aromatic N) is 2. The van der Waals surface area contributed by atoms with Gasteiger partial charge < -0.3 is 9.15 Å². The summed E-state index contributed by atoms with van der Waals surface area (Å²) >= 11 is 4.81. The summed E-state index contributed by atoms with van der Waals surface area (Å²) in [5, 5.41) is 3.22. The maximum atomic E-state index is 13.2. The molecule has 0 fully saturated rings. The highest BCUT2D eigenvalue weighted by Crippen LogP contribution is 2.31. The molecule has 0 saturated carbocycles. The normalized spacial score (nSPS) is 11.3. The zero-order valence-electron chi connectivity index (χ0n) is 16.3. The number of halogens is 1. The van der Waals surface area contributed by atoms with Gasteiger partial charge in [0.25, 0.3) is 5.56 Å². The van der Waals surface area contributed by atoms with Gasteiger partial charge in [0.05, 0.1) is 25.4 Å². The summed E-state index contributed by atoms with van der Waals surface area (Å²) in [6, 6.07) is 14.7. The highest BCUT2D eigenvalue weighted by Gasteiger charge is 2.17. The average Bonchev–Trinajstić information content (AvgIpc) is 3.40. The van der Waals surface area contributed by atoms with Crippen LogP contribution in [0.1, 0.15) is 10.6 Å². The number of methoxy groups -OCH3 is 1. The van der Waals surface area contributed by atoms with Gasteiger partial charge >= 0.3 is 0 Å². The summed E-state index contributed by atoms with van der Waals surface area (Å²) in [5.41, 5.74) is 2.03. The molecule has 0 N–H and O–H groups in total. The molecule has 5 aromatic rings. The summed E-state index contributed by atoms with van der Waals surface area (Å²) in [4.78, 5) is 31.0. The largest absolute Gasteiger partial charge is 0.497 e. The van der Waals surface area contributed by atoms with Gasteiger partial charge in [-0.15, -0.1) is 11.3 Å². The van der Waals surface area contributed by atoms with Crippen molar-refractivity contribution in [3.05, 3.63) is 80.8 Å². The number of ether oxygens (including phenoxy) is 1. The minimum Gasteiger partial charge on any atom is -0.497 e. The Morgan fingerprint density at radius 1 is 1.19 bits per heavy atom. The summed E-state index contributed by atoms with van der Waals surface area (Å²) in [5.74, 6) is 0.653. The molecule has 3 aromatic heterocycles. The molecule has 5 rings (SSSR count). The summed E-state index contributed by atoms with van der Waals surface area (Å²) in [6.45, 7) is -0.152. The van der Waals surface area contributed by atoms with Gasteiger partial charge in [-0.1, -0.05) is 28.1 Å². The van der Waals surface area contributed by atoms with Crippen LogP contribution in [0.5, 0.6) is 5.75 Å². The van der Waals surface area contributed by atoms with Crippen LogP contribution in [0.4, 0.5) is 0 Å². The molecule has 8 heteroatoms. The Bertz CT molecular complexity index is 1500. The second-order valence-electron chi connectivity index (χ2n) is 6.95. The Kier molecular flexibility index (Phi) is 4.95. The first-order valence-electron chi connectivity index (χ1n) is 9.37. The van der Waals surface area contributed by atoms with E-state index >= 15 is 0 Å². The van der Waals surface area contributed by atoms with Gasteiger partial charge in [-0.05, 0) is 42.0 Å². The van der Waals surface area contributed by atoms with Crippen LogP contribution < -0.4 is 10.3 Å². The monoisotopic (exact) mass is 494 g/mol. The molecule has 0 atom stereocenters. The molecule has 2 aromatic carbocycles. The first-order valence-corrected chi connectivity index (χ1v) is 11.0. The lowest BCUT2D eigenvalue weighted by Crippen LogP contribution is -2.24. The van der Waals surface area contributed by atoms with Crippen molar-refractivity contribution in [1.82, 2.24) is 9.55 Å². The number of thiophene rings is 1. The van der Waals surface area contributed by atoms with Crippen LogP contribution >= 0.6 is 27.3 Å². The lowest BCUT2D eigenvalue weighted by molar-refractivity contribution is 0.0945. The molecular weight excluding hydrogens is 480 g/mol. The van der Waals surface area contributed by atoms with Crippen LogP contribution in [-0.4, -0.2) is 22.4 Å². The van der Waals surface area contributed by atoms with Crippen LogP contribution in [0.15, 0.2) is 73.9 Å². The van der Waals surface area contributed by atoms with Crippen molar-refractivity contribution in [2.75, 3.05) is 7.11 Å². The SMILES string of the molecule is COc1ccc(-c2csc3ncn(CC(=O)c4cc5cc(Br)ccc5o4)c(=O)c23)cc1. The van der Waals surface area contributed by atoms with E-state index < -0.39 is 0 Å².